The molecule has 0 amide bonds. The monoisotopic (exact) mass is 918 g/mol. The molecule has 0 radical (unpaired) electrons. The van der Waals surface area contributed by atoms with Crippen molar-refractivity contribution in [3.8, 4) is 33.4 Å². The van der Waals surface area contributed by atoms with E-state index in [2.05, 4.69) is 266 Å². The number of fused-ring (bicyclic) bond motifs is 16. The molecule has 2 heterocycles. The van der Waals surface area contributed by atoms with Crippen molar-refractivity contribution in [2.75, 3.05) is 9.80 Å². The molecular weight excluding hydrogens is 869 g/mol. The topological polar surface area (TPSA) is 6.48 Å². The van der Waals surface area contributed by atoms with Gasteiger partial charge in [0.15, 0.2) is 0 Å². The highest BCUT2D eigenvalue weighted by Gasteiger charge is 2.52. The zero-order chi connectivity index (χ0) is 47.7. The minimum atomic E-state index is -0.485. The second kappa shape index (κ2) is 15.4. The Bertz CT molecular complexity index is 3880. The van der Waals surface area contributed by atoms with Gasteiger partial charge < -0.3 is 9.80 Å². The quantitative estimate of drug-likeness (QED) is 0.162. The Morgan fingerprint density at radius 3 is 1.42 bits per heavy atom. The fraction of sp³-hybridized carbons (Fsp3) is 0.0857. The van der Waals surface area contributed by atoms with Crippen LogP contribution >= 0.6 is 0 Å². The smallest absolute Gasteiger partial charge is 0.0726 e. The highest BCUT2D eigenvalue weighted by Crippen LogP contribution is 2.64. The molecule has 340 valence electrons. The molecular formula is C70H50N2. The standard InChI is InChI=1S/C70H50N2/c1-69(2)61-41-45(29-37-55(61)56-39-35-51(43-62(56)69)71-65-23-11-3-15-47(65)31-32-48-16-4-12-24-66(48)71)27-28-46-30-38-57-58-40-36-52(72-67-25-13-5-17-49(67)33-34-50-18-6-14-26-68(50)72)44-64(58)70(63(57)42-46)59-21-9-7-19-53(59)54-20-8-10-22-60(54)70/h3-13,15-25,27-44H,14,26H2,1-2H3/b28-27+. The lowest BCUT2D eigenvalue weighted by molar-refractivity contribution is 0.660. The summed E-state index contributed by atoms with van der Waals surface area (Å²) < 4.78 is 0. The van der Waals surface area contributed by atoms with E-state index in [9.17, 15) is 0 Å². The molecule has 0 atom stereocenters. The van der Waals surface area contributed by atoms with E-state index in [1.54, 1.807) is 0 Å². The van der Waals surface area contributed by atoms with Crippen LogP contribution in [-0.2, 0) is 10.8 Å². The molecule has 9 aromatic carbocycles. The first-order valence-corrected chi connectivity index (χ1v) is 25.5. The van der Waals surface area contributed by atoms with E-state index in [4.69, 9.17) is 0 Å². The summed E-state index contributed by atoms with van der Waals surface area (Å²) in [6.07, 6.45) is 20.4. The predicted octanol–water partition coefficient (Wildman–Crippen LogP) is 18.2. The van der Waals surface area contributed by atoms with Crippen molar-refractivity contribution < 1.29 is 0 Å². The molecule has 0 N–H and O–H groups in total. The normalized spacial score (nSPS) is 16.2. The van der Waals surface area contributed by atoms with Gasteiger partial charge in [-0.3, -0.25) is 0 Å². The Hall–Kier alpha value is -8.72. The average molecular weight is 919 g/mol. The number of hydrogen-bond donors (Lipinski definition) is 0. The van der Waals surface area contributed by atoms with Crippen molar-refractivity contribution in [2.45, 2.75) is 37.5 Å². The van der Waals surface area contributed by atoms with Crippen LogP contribution in [0.15, 0.2) is 224 Å². The van der Waals surface area contributed by atoms with E-state index in [1.807, 2.05) is 0 Å². The van der Waals surface area contributed by atoms with Gasteiger partial charge in [-0.1, -0.05) is 208 Å². The number of nitrogens with zero attached hydrogens (tertiary/aromatic N) is 2. The van der Waals surface area contributed by atoms with Gasteiger partial charge in [-0.05, 0) is 162 Å². The summed E-state index contributed by atoms with van der Waals surface area (Å²) >= 11 is 0. The minimum Gasteiger partial charge on any atom is -0.313 e. The van der Waals surface area contributed by atoms with E-state index in [0.29, 0.717) is 0 Å². The van der Waals surface area contributed by atoms with Crippen LogP contribution in [0.5, 0.6) is 0 Å². The van der Waals surface area contributed by atoms with Crippen LogP contribution in [0.1, 0.15) is 87.9 Å². The maximum Gasteiger partial charge on any atom is 0.0726 e. The van der Waals surface area contributed by atoms with Gasteiger partial charge in [0, 0.05) is 22.5 Å². The third kappa shape index (κ3) is 5.78. The summed E-state index contributed by atoms with van der Waals surface area (Å²) in [4.78, 5) is 4.99. The Kier molecular flexibility index (Phi) is 8.78. The average Bonchev–Trinajstić information content (AvgIpc) is 3.84. The molecule has 15 rings (SSSR count). The second-order valence-electron chi connectivity index (χ2n) is 20.7. The minimum absolute atomic E-state index is 0.195. The number of hydrogen-bond acceptors (Lipinski definition) is 2. The Labute approximate surface area is 422 Å². The summed E-state index contributed by atoms with van der Waals surface area (Å²) in [5.41, 5.74) is 30.0. The molecule has 9 aromatic rings. The van der Waals surface area contributed by atoms with E-state index in [-0.39, 0.29) is 5.41 Å². The molecule has 2 aliphatic heterocycles. The van der Waals surface area contributed by atoms with Gasteiger partial charge in [0.05, 0.1) is 22.5 Å². The first-order valence-electron chi connectivity index (χ1n) is 25.5. The van der Waals surface area contributed by atoms with E-state index in [0.717, 1.165) is 12.8 Å². The van der Waals surface area contributed by atoms with Crippen LogP contribution in [0, 0.1) is 0 Å². The largest absolute Gasteiger partial charge is 0.313 e. The predicted molar refractivity (Wildman–Crippen MR) is 302 cm³/mol. The summed E-state index contributed by atoms with van der Waals surface area (Å²) in [6.45, 7) is 4.79. The second-order valence-corrected chi connectivity index (χ2v) is 20.7. The van der Waals surface area contributed by atoms with E-state index < -0.39 is 5.41 Å². The van der Waals surface area contributed by atoms with Gasteiger partial charge in [0.2, 0.25) is 0 Å². The molecule has 0 aromatic heterocycles. The molecule has 0 fully saturated rings. The Balaban J connectivity index is 0.825. The fourth-order valence-corrected chi connectivity index (χ4v) is 13.3. The fourth-order valence-electron chi connectivity index (χ4n) is 13.3. The lowest BCUT2D eigenvalue weighted by atomic mass is 9.70. The van der Waals surface area contributed by atoms with Crippen molar-refractivity contribution in [3.05, 3.63) is 285 Å². The summed E-state index contributed by atoms with van der Waals surface area (Å²) in [6, 6.07) is 73.3. The molecule has 6 aliphatic rings. The number of para-hydroxylation sites is 3. The van der Waals surface area contributed by atoms with E-state index in [1.165, 1.54) is 134 Å². The SMILES string of the molecule is CC1(C)c2cc(/C=C/c3ccc4c(c3)C3(c5ccccc5-c5ccccc53)c3cc(N5C6=C(C=CCC6)C=Cc6ccccc65)ccc3-4)ccc2-c2ccc(N3c4ccccc4C=Cc4ccccc43)cc21. The number of anilines is 5. The highest BCUT2D eigenvalue weighted by atomic mass is 15.2. The van der Waals surface area contributed by atoms with Crippen molar-refractivity contribution in [1.82, 2.24) is 0 Å². The molecule has 0 saturated heterocycles. The molecule has 0 saturated carbocycles. The van der Waals surface area contributed by atoms with Crippen LogP contribution in [-0.4, -0.2) is 0 Å². The molecule has 1 spiro atoms. The first-order chi connectivity index (χ1) is 35.4. The number of allylic oxidation sites excluding steroid dienone is 5. The van der Waals surface area contributed by atoms with Gasteiger partial charge in [-0.25, -0.2) is 0 Å². The van der Waals surface area contributed by atoms with Crippen molar-refractivity contribution in [3.63, 3.8) is 0 Å². The molecule has 72 heavy (non-hydrogen) atoms. The summed E-state index contributed by atoms with van der Waals surface area (Å²) in [7, 11) is 0. The molecule has 2 heteroatoms. The molecule has 0 unspecified atom stereocenters. The molecule has 4 aliphatic carbocycles. The molecule has 2 nitrogen and oxygen atoms in total. The summed E-state index contributed by atoms with van der Waals surface area (Å²) in [5, 5.41) is 0. The number of rotatable bonds is 4. The van der Waals surface area contributed by atoms with Crippen LogP contribution in [0.3, 0.4) is 0 Å². The third-order valence-electron chi connectivity index (χ3n) is 16.6. The van der Waals surface area contributed by atoms with Gasteiger partial charge in [-0.15, -0.1) is 0 Å². The third-order valence-corrected chi connectivity index (χ3v) is 16.6. The zero-order valence-corrected chi connectivity index (χ0v) is 40.4. The first kappa shape index (κ1) is 41.1. The Morgan fingerprint density at radius 2 is 0.806 bits per heavy atom. The van der Waals surface area contributed by atoms with Crippen molar-refractivity contribution >= 4 is 58.8 Å². The molecule has 0 bridgehead atoms. The van der Waals surface area contributed by atoms with Gasteiger partial charge >= 0.3 is 0 Å². The lowest BCUT2D eigenvalue weighted by Gasteiger charge is -2.34. The zero-order valence-electron chi connectivity index (χ0n) is 40.4. The van der Waals surface area contributed by atoms with Crippen molar-refractivity contribution in [2.24, 2.45) is 0 Å². The Morgan fingerprint density at radius 1 is 0.375 bits per heavy atom. The van der Waals surface area contributed by atoms with Crippen LogP contribution < -0.4 is 9.80 Å². The van der Waals surface area contributed by atoms with Crippen molar-refractivity contribution in [1.29, 1.82) is 0 Å². The van der Waals surface area contributed by atoms with E-state index >= 15 is 0 Å². The van der Waals surface area contributed by atoms with Gasteiger partial charge in [-0.2, -0.15) is 0 Å². The maximum atomic E-state index is 2.55. The lowest BCUT2D eigenvalue weighted by Crippen LogP contribution is -2.26. The van der Waals surface area contributed by atoms with Crippen LogP contribution in [0.25, 0.3) is 63.8 Å². The van der Waals surface area contributed by atoms with Gasteiger partial charge in [0.25, 0.3) is 0 Å². The highest BCUT2D eigenvalue weighted by molar-refractivity contribution is 5.98. The van der Waals surface area contributed by atoms with Crippen LogP contribution in [0.4, 0.5) is 28.4 Å². The maximum absolute atomic E-state index is 2.55. The van der Waals surface area contributed by atoms with Crippen LogP contribution in [0.2, 0.25) is 0 Å². The van der Waals surface area contributed by atoms with Gasteiger partial charge in [0.1, 0.15) is 0 Å². The summed E-state index contributed by atoms with van der Waals surface area (Å²) in [5.74, 6) is 0. The number of benzene rings is 9.